The topological polar surface area (TPSA) is 105 Å². The van der Waals surface area contributed by atoms with E-state index in [2.05, 4.69) is 9.88 Å². The lowest BCUT2D eigenvalue weighted by molar-refractivity contribution is 0.293. The Kier molecular flexibility index (Phi) is 5.43. The lowest BCUT2D eigenvalue weighted by Crippen LogP contribution is -2.58. The minimum Gasteiger partial charge on any atom is -0.409 e. The molecular weight excluding hydrogens is 278 g/mol. The first-order valence-corrected chi connectivity index (χ1v) is 8.75. The molecule has 0 spiro atoms. The van der Waals surface area contributed by atoms with Gasteiger partial charge in [-0.15, -0.1) is 0 Å². The molecule has 0 aliphatic heterocycles. The SMILES string of the molecule is CC(C)(C)CCS(=O)(=O)NC1(C(N)=NO)CCCCC1. The predicted molar refractivity (Wildman–Crippen MR) is 80.2 cm³/mol. The molecule has 7 heteroatoms. The van der Waals surface area contributed by atoms with E-state index in [9.17, 15) is 8.42 Å². The van der Waals surface area contributed by atoms with Crippen LogP contribution in [-0.4, -0.2) is 30.8 Å². The van der Waals surface area contributed by atoms with Crippen molar-refractivity contribution in [2.75, 3.05) is 5.75 Å². The Labute approximate surface area is 121 Å². The van der Waals surface area contributed by atoms with Crippen LogP contribution in [0.3, 0.4) is 0 Å². The van der Waals surface area contributed by atoms with Crippen LogP contribution < -0.4 is 10.5 Å². The third kappa shape index (κ3) is 4.94. The van der Waals surface area contributed by atoms with Crippen molar-refractivity contribution < 1.29 is 13.6 Å². The van der Waals surface area contributed by atoms with E-state index in [-0.39, 0.29) is 17.0 Å². The van der Waals surface area contributed by atoms with Crippen molar-refractivity contribution in [2.45, 2.75) is 64.8 Å². The van der Waals surface area contributed by atoms with Gasteiger partial charge in [-0.1, -0.05) is 45.2 Å². The van der Waals surface area contributed by atoms with Gasteiger partial charge in [-0.05, 0) is 24.7 Å². The Balaban J connectivity index is 2.84. The zero-order valence-corrected chi connectivity index (χ0v) is 13.5. The minimum absolute atomic E-state index is 0.0310. The highest BCUT2D eigenvalue weighted by atomic mass is 32.2. The Bertz CT molecular complexity index is 446. The summed E-state index contributed by atoms with van der Waals surface area (Å²) in [6, 6.07) is 0. The fourth-order valence-electron chi connectivity index (χ4n) is 2.45. The van der Waals surface area contributed by atoms with Crippen LogP contribution in [0.5, 0.6) is 0 Å². The van der Waals surface area contributed by atoms with Crippen molar-refractivity contribution >= 4 is 15.9 Å². The van der Waals surface area contributed by atoms with E-state index in [1.54, 1.807) is 0 Å². The third-order valence-corrected chi connectivity index (χ3v) is 5.22. The summed E-state index contributed by atoms with van der Waals surface area (Å²) in [5.41, 5.74) is 4.78. The van der Waals surface area contributed by atoms with Gasteiger partial charge in [-0.3, -0.25) is 0 Å². The molecule has 0 aromatic heterocycles. The molecule has 0 aromatic carbocycles. The van der Waals surface area contributed by atoms with Gasteiger partial charge in [0.05, 0.1) is 11.3 Å². The monoisotopic (exact) mass is 305 g/mol. The van der Waals surface area contributed by atoms with E-state index in [1.807, 2.05) is 20.8 Å². The summed E-state index contributed by atoms with van der Waals surface area (Å²) in [7, 11) is -3.45. The van der Waals surface area contributed by atoms with Crippen molar-refractivity contribution in [1.29, 1.82) is 0 Å². The first kappa shape index (κ1) is 17.2. The fourth-order valence-corrected chi connectivity index (χ4v) is 4.34. The molecule has 4 N–H and O–H groups in total. The Morgan fingerprint density at radius 2 is 1.85 bits per heavy atom. The molecule has 1 rings (SSSR count). The van der Waals surface area contributed by atoms with Crippen LogP contribution >= 0.6 is 0 Å². The van der Waals surface area contributed by atoms with Gasteiger partial charge in [0.2, 0.25) is 10.0 Å². The van der Waals surface area contributed by atoms with E-state index >= 15 is 0 Å². The highest BCUT2D eigenvalue weighted by molar-refractivity contribution is 7.89. The largest absolute Gasteiger partial charge is 0.409 e. The van der Waals surface area contributed by atoms with Gasteiger partial charge in [-0.25, -0.2) is 13.1 Å². The molecule has 1 fully saturated rings. The van der Waals surface area contributed by atoms with Gasteiger partial charge in [0, 0.05) is 0 Å². The second-order valence-corrected chi connectivity index (χ2v) is 8.70. The predicted octanol–water partition coefficient (Wildman–Crippen LogP) is 1.79. The molecule has 0 atom stereocenters. The van der Waals surface area contributed by atoms with Crippen molar-refractivity contribution in [3.8, 4) is 0 Å². The molecular formula is C13H27N3O3S. The highest BCUT2D eigenvalue weighted by Gasteiger charge is 2.40. The minimum atomic E-state index is -3.45. The maximum atomic E-state index is 12.3. The number of sulfonamides is 1. The lowest BCUT2D eigenvalue weighted by Gasteiger charge is -2.36. The zero-order valence-electron chi connectivity index (χ0n) is 12.6. The molecule has 0 aromatic rings. The van der Waals surface area contributed by atoms with Gasteiger partial charge in [0.1, 0.15) is 0 Å². The second kappa shape index (κ2) is 6.30. The summed E-state index contributed by atoms with van der Waals surface area (Å²) in [6.07, 6.45) is 4.52. The maximum absolute atomic E-state index is 12.3. The summed E-state index contributed by atoms with van der Waals surface area (Å²) < 4.78 is 27.2. The zero-order chi connectivity index (χ0) is 15.4. The number of nitrogens with one attached hydrogen (secondary N) is 1. The lowest BCUT2D eigenvalue weighted by atomic mass is 9.82. The van der Waals surface area contributed by atoms with Crippen LogP contribution in [0.4, 0.5) is 0 Å². The van der Waals surface area contributed by atoms with Gasteiger partial charge < -0.3 is 10.9 Å². The number of nitrogens with two attached hydrogens (primary N) is 1. The van der Waals surface area contributed by atoms with Crippen molar-refractivity contribution in [2.24, 2.45) is 16.3 Å². The number of amidine groups is 1. The van der Waals surface area contributed by atoms with E-state index < -0.39 is 15.6 Å². The van der Waals surface area contributed by atoms with Gasteiger partial charge in [0.25, 0.3) is 0 Å². The van der Waals surface area contributed by atoms with E-state index in [4.69, 9.17) is 10.9 Å². The van der Waals surface area contributed by atoms with Gasteiger partial charge in [-0.2, -0.15) is 0 Å². The van der Waals surface area contributed by atoms with Crippen LogP contribution in [0, 0.1) is 5.41 Å². The van der Waals surface area contributed by atoms with E-state index in [0.29, 0.717) is 19.3 Å². The maximum Gasteiger partial charge on any atom is 0.212 e. The first-order chi connectivity index (χ1) is 9.10. The van der Waals surface area contributed by atoms with Gasteiger partial charge in [0.15, 0.2) is 5.84 Å². The quantitative estimate of drug-likeness (QED) is 0.312. The fraction of sp³-hybridized carbons (Fsp3) is 0.923. The molecule has 1 aliphatic carbocycles. The molecule has 0 amide bonds. The molecule has 1 saturated carbocycles. The second-order valence-electron chi connectivity index (χ2n) is 6.86. The summed E-state index contributed by atoms with van der Waals surface area (Å²) >= 11 is 0. The number of oxime groups is 1. The first-order valence-electron chi connectivity index (χ1n) is 7.10. The number of hydrogen-bond donors (Lipinski definition) is 3. The van der Waals surface area contributed by atoms with Crippen molar-refractivity contribution in [1.82, 2.24) is 4.72 Å². The standard InChI is InChI=1S/C13H27N3O3S/c1-12(2,3)9-10-20(18,19)16-13(11(14)15-17)7-5-4-6-8-13/h16-17H,4-10H2,1-3H3,(H2,14,15). The highest BCUT2D eigenvalue weighted by Crippen LogP contribution is 2.30. The van der Waals surface area contributed by atoms with Crippen molar-refractivity contribution in [3.05, 3.63) is 0 Å². The summed E-state index contributed by atoms with van der Waals surface area (Å²) in [6.45, 7) is 6.01. The third-order valence-electron chi connectivity index (χ3n) is 3.78. The molecule has 6 nitrogen and oxygen atoms in total. The summed E-state index contributed by atoms with van der Waals surface area (Å²) in [5, 5.41) is 12.0. The van der Waals surface area contributed by atoms with Crippen molar-refractivity contribution in [3.63, 3.8) is 0 Å². The Morgan fingerprint density at radius 3 is 2.30 bits per heavy atom. The normalized spacial score (nSPS) is 20.9. The molecule has 0 heterocycles. The molecule has 0 saturated heterocycles. The summed E-state index contributed by atoms with van der Waals surface area (Å²) in [4.78, 5) is 0. The van der Waals surface area contributed by atoms with E-state index in [0.717, 1.165) is 19.3 Å². The van der Waals surface area contributed by atoms with E-state index in [1.165, 1.54) is 0 Å². The molecule has 0 unspecified atom stereocenters. The van der Waals surface area contributed by atoms with Crippen LogP contribution in [0.2, 0.25) is 0 Å². The average Bonchev–Trinajstić information content (AvgIpc) is 2.35. The summed E-state index contributed by atoms with van der Waals surface area (Å²) in [5.74, 6) is 0.0216. The average molecular weight is 305 g/mol. The number of hydrogen-bond acceptors (Lipinski definition) is 4. The Hall–Kier alpha value is -0.820. The van der Waals surface area contributed by atoms with Crippen LogP contribution in [0.25, 0.3) is 0 Å². The number of nitrogens with zero attached hydrogens (tertiary/aromatic N) is 1. The molecule has 0 bridgehead atoms. The van der Waals surface area contributed by atoms with Gasteiger partial charge >= 0.3 is 0 Å². The van der Waals surface area contributed by atoms with Crippen LogP contribution in [0.1, 0.15) is 59.3 Å². The van der Waals surface area contributed by atoms with Crippen LogP contribution in [0.15, 0.2) is 5.16 Å². The molecule has 118 valence electrons. The number of rotatable bonds is 5. The molecule has 1 aliphatic rings. The molecule has 20 heavy (non-hydrogen) atoms. The Morgan fingerprint density at radius 1 is 1.30 bits per heavy atom. The molecule has 0 radical (unpaired) electrons. The smallest absolute Gasteiger partial charge is 0.212 e. The van der Waals surface area contributed by atoms with Crippen LogP contribution in [-0.2, 0) is 10.0 Å².